The molecule has 1 heterocycles. The molecule has 0 atom stereocenters. The van der Waals surface area contributed by atoms with Crippen LogP contribution in [0.2, 0.25) is 0 Å². The Morgan fingerprint density at radius 3 is 2.62 bits per heavy atom. The van der Waals surface area contributed by atoms with Crippen LogP contribution in [0.15, 0.2) is 29.1 Å². The average Bonchev–Trinajstić information content (AvgIpc) is 2.64. The van der Waals surface area contributed by atoms with Crippen molar-refractivity contribution in [1.29, 1.82) is 0 Å². The van der Waals surface area contributed by atoms with Gasteiger partial charge in [-0.25, -0.2) is 5.10 Å². The second-order valence-corrected chi connectivity index (χ2v) is 6.91. The maximum atomic E-state index is 12.0. The van der Waals surface area contributed by atoms with Crippen LogP contribution in [0.4, 0.5) is 0 Å². The number of hydrogen-bond acceptors (Lipinski definition) is 5. The molecule has 138 valence electrons. The average molecular weight is 357 g/mol. The lowest BCUT2D eigenvalue weighted by molar-refractivity contribution is -0.148. The predicted molar refractivity (Wildman–Crippen MR) is 96.6 cm³/mol. The smallest absolute Gasteiger partial charge is 0.312 e. The minimum Gasteiger partial charge on any atom is -0.455 e. The number of carbonyl (C=O) groups is 2. The fraction of sp³-hybridized carbons (Fsp3) is 0.474. The van der Waals surface area contributed by atoms with Crippen LogP contribution in [0.3, 0.4) is 0 Å². The summed E-state index contributed by atoms with van der Waals surface area (Å²) in [5.41, 5.74) is 0.116. The third-order valence-electron chi connectivity index (χ3n) is 4.83. The number of rotatable bonds is 5. The Morgan fingerprint density at radius 1 is 1.19 bits per heavy atom. The third kappa shape index (κ3) is 4.47. The highest BCUT2D eigenvalue weighted by molar-refractivity contribution is 5.87. The van der Waals surface area contributed by atoms with Crippen molar-refractivity contribution in [1.82, 2.24) is 15.5 Å². The molecular formula is C19H23N3O4. The molecule has 2 N–H and O–H groups in total. The fourth-order valence-electron chi connectivity index (χ4n) is 3.31. The number of amides is 1. The molecule has 1 aliphatic rings. The molecule has 1 saturated carbocycles. The highest BCUT2D eigenvalue weighted by Gasteiger charge is 2.20. The highest BCUT2D eigenvalue weighted by atomic mass is 16.5. The molecule has 0 spiro atoms. The van der Waals surface area contributed by atoms with E-state index < -0.39 is 5.97 Å². The minimum atomic E-state index is -0.554. The first kappa shape index (κ1) is 18.1. The normalized spacial score (nSPS) is 19.9. The molecule has 7 heteroatoms. The summed E-state index contributed by atoms with van der Waals surface area (Å²) in [5.74, 6) is -0.125. The van der Waals surface area contributed by atoms with Crippen LogP contribution in [0, 0.1) is 5.92 Å². The predicted octanol–water partition coefficient (Wildman–Crippen LogP) is 1.70. The first-order valence-corrected chi connectivity index (χ1v) is 8.94. The SMILES string of the molecule is CC1CCC(NC(=O)COC(=O)Cc2n[nH]c(=O)c3ccccc23)CC1. The number of H-pyrrole nitrogens is 1. The lowest BCUT2D eigenvalue weighted by atomic mass is 9.87. The summed E-state index contributed by atoms with van der Waals surface area (Å²) in [6.07, 6.45) is 4.04. The van der Waals surface area contributed by atoms with E-state index in [4.69, 9.17) is 4.74 Å². The second-order valence-electron chi connectivity index (χ2n) is 6.91. The Kier molecular flexibility index (Phi) is 5.65. The van der Waals surface area contributed by atoms with Crippen LogP contribution in [0.25, 0.3) is 10.8 Å². The van der Waals surface area contributed by atoms with Crippen molar-refractivity contribution in [3.8, 4) is 0 Å². The van der Waals surface area contributed by atoms with E-state index in [2.05, 4.69) is 22.4 Å². The summed E-state index contributed by atoms with van der Waals surface area (Å²) >= 11 is 0. The van der Waals surface area contributed by atoms with Crippen molar-refractivity contribution in [2.45, 2.75) is 45.1 Å². The van der Waals surface area contributed by atoms with Gasteiger partial charge in [0.05, 0.1) is 17.5 Å². The lowest BCUT2D eigenvalue weighted by Gasteiger charge is -2.26. The van der Waals surface area contributed by atoms with E-state index in [0.717, 1.165) is 25.7 Å². The van der Waals surface area contributed by atoms with Gasteiger partial charge in [-0.1, -0.05) is 25.1 Å². The quantitative estimate of drug-likeness (QED) is 0.793. The molecule has 0 saturated heterocycles. The number of hydrogen-bond donors (Lipinski definition) is 2. The monoisotopic (exact) mass is 357 g/mol. The molecule has 2 aromatic rings. The van der Waals surface area contributed by atoms with E-state index in [1.165, 1.54) is 0 Å². The number of esters is 1. The van der Waals surface area contributed by atoms with Gasteiger partial charge >= 0.3 is 5.97 Å². The molecule has 0 aliphatic heterocycles. The van der Waals surface area contributed by atoms with E-state index in [1.807, 2.05) is 0 Å². The van der Waals surface area contributed by atoms with Gasteiger partial charge in [-0.2, -0.15) is 5.10 Å². The maximum Gasteiger partial charge on any atom is 0.312 e. The molecule has 1 amide bonds. The van der Waals surface area contributed by atoms with E-state index in [1.54, 1.807) is 24.3 Å². The summed E-state index contributed by atoms with van der Waals surface area (Å²) in [4.78, 5) is 35.8. The van der Waals surface area contributed by atoms with Gasteiger partial charge in [-0.15, -0.1) is 0 Å². The number of aromatic amines is 1. The lowest BCUT2D eigenvalue weighted by Crippen LogP contribution is -2.39. The van der Waals surface area contributed by atoms with Crippen molar-refractivity contribution < 1.29 is 14.3 Å². The topological polar surface area (TPSA) is 101 Å². The molecule has 1 aliphatic carbocycles. The summed E-state index contributed by atoms with van der Waals surface area (Å²) in [5, 5.41) is 10.3. The number of fused-ring (bicyclic) bond motifs is 1. The number of benzene rings is 1. The van der Waals surface area contributed by atoms with Crippen LogP contribution in [-0.4, -0.2) is 34.7 Å². The van der Waals surface area contributed by atoms with Gasteiger partial charge in [0, 0.05) is 11.4 Å². The molecule has 0 radical (unpaired) electrons. The van der Waals surface area contributed by atoms with Crippen molar-refractivity contribution in [3.63, 3.8) is 0 Å². The van der Waals surface area contributed by atoms with Crippen molar-refractivity contribution in [2.75, 3.05) is 6.61 Å². The Bertz CT molecular complexity index is 853. The standard InChI is InChI=1S/C19H23N3O4/c1-12-6-8-13(9-7-12)20-17(23)11-26-18(24)10-16-14-4-2-3-5-15(14)19(25)22-21-16/h2-5,12-13H,6-11H2,1H3,(H,20,23)(H,22,25). The van der Waals surface area contributed by atoms with Gasteiger partial charge in [-0.05, 0) is 37.7 Å². The molecular weight excluding hydrogens is 334 g/mol. The van der Waals surface area contributed by atoms with Crippen LogP contribution < -0.4 is 10.9 Å². The molecule has 26 heavy (non-hydrogen) atoms. The Morgan fingerprint density at radius 2 is 1.88 bits per heavy atom. The molecule has 1 fully saturated rings. The summed E-state index contributed by atoms with van der Waals surface area (Å²) < 4.78 is 5.07. The van der Waals surface area contributed by atoms with Crippen LogP contribution in [0.5, 0.6) is 0 Å². The van der Waals surface area contributed by atoms with Gasteiger partial charge in [0.1, 0.15) is 0 Å². The van der Waals surface area contributed by atoms with E-state index in [9.17, 15) is 14.4 Å². The van der Waals surface area contributed by atoms with Crippen LogP contribution in [-0.2, 0) is 20.7 Å². The number of nitrogens with zero attached hydrogens (tertiary/aromatic N) is 1. The summed E-state index contributed by atoms with van der Waals surface area (Å²) in [6, 6.07) is 7.09. The second kappa shape index (κ2) is 8.12. The first-order chi connectivity index (χ1) is 12.5. The molecule has 7 nitrogen and oxygen atoms in total. The molecule has 1 aromatic heterocycles. The number of nitrogens with one attached hydrogen (secondary N) is 2. The number of ether oxygens (including phenoxy) is 1. The molecule has 3 rings (SSSR count). The van der Waals surface area contributed by atoms with E-state index in [0.29, 0.717) is 22.4 Å². The molecule has 0 unspecified atom stereocenters. The zero-order valence-electron chi connectivity index (χ0n) is 14.8. The molecule has 0 bridgehead atoms. The largest absolute Gasteiger partial charge is 0.455 e. The summed E-state index contributed by atoms with van der Waals surface area (Å²) in [6.45, 7) is 1.92. The van der Waals surface area contributed by atoms with Crippen molar-refractivity contribution in [3.05, 3.63) is 40.3 Å². The fourth-order valence-corrected chi connectivity index (χ4v) is 3.31. The Balaban J connectivity index is 1.52. The Labute approximate surface area is 151 Å². The van der Waals surface area contributed by atoms with Gasteiger partial charge in [0.25, 0.3) is 11.5 Å². The van der Waals surface area contributed by atoms with Crippen molar-refractivity contribution in [2.24, 2.45) is 5.92 Å². The van der Waals surface area contributed by atoms with Gasteiger partial charge in [0.2, 0.25) is 0 Å². The molecule has 1 aromatic carbocycles. The first-order valence-electron chi connectivity index (χ1n) is 8.94. The van der Waals surface area contributed by atoms with Crippen LogP contribution in [0.1, 0.15) is 38.3 Å². The van der Waals surface area contributed by atoms with Gasteiger partial charge in [-0.3, -0.25) is 14.4 Å². The van der Waals surface area contributed by atoms with E-state index >= 15 is 0 Å². The Hall–Kier alpha value is -2.70. The maximum absolute atomic E-state index is 12.0. The number of aromatic nitrogens is 2. The van der Waals surface area contributed by atoms with E-state index in [-0.39, 0.29) is 30.5 Å². The highest BCUT2D eigenvalue weighted by Crippen LogP contribution is 2.23. The van der Waals surface area contributed by atoms with Gasteiger partial charge < -0.3 is 10.1 Å². The summed E-state index contributed by atoms with van der Waals surface area (Å²) in [7, 11) is 0. The number of carbonyl (C=O) groups excluding carboxylic acids is 2. The van der Waals surface area contributed by atoms with Crippen molar-refractivity contribution >= 4 is 22.6 Å². The zero-order valence-corrected chi connectivity index (χ0v) is 14.8. The van der Waals surface area contributed by atoms with Crippen LogP contribution >= 0.6 is 0 Å². The third-order valence-corrected chi connectivity index (χ3v) is 4.83. The minimum absolute atomic E-state index is 0.106. The zero-order chi connectivity index (χ0) is 18.5. The van der Waals surface area contributed by atoms with Gasteiger partial charge in [0.15, 0.2) is 6.61 Å².